The van der Waals surface area contributed by atoms with Gasteiger partial charge in [-0.05, 0) is 68.8 Å². The molecule has 1 fully saturated rings. The Hall–Kier alpha value is -1.55. The van der Waals surface area contributed by atoms with E-state index in [1.807, 2.05) is 6.07 Å². The van der Waals surface area contributed by atoms with Gasteiger partial charge in [0.15, 0.2) is 0 Å². The Morgan fingerprint density at radius 2 is 1.88 bits per heavy atom. The maximum absolute atomic E-state index is 12.6. The van der Waals surface area contributed by atoms with Crippen LogP contribution in [0.3, 0.4) is 0 Å². The molecule has 2 unspecified atom stereocenters. The third-order valence-corrected chi connectivity index (χ3v) is 5.67. The number of likely N-dealkylation sites (tertiary alicyclic amines) is 1. The van der Waals surface area contributed by atoms with Crippen LogP contribution in [0.1, 0.15) is 63.5 Å². The van der Waals surface area contributed by atoms with Crippen LogP contribution in [0.2, 0.25) is 0 Å². The Morgan fingerprint density at radius 1 is 1.19 bits per heavy atom. The van der Waals surface area contributed by atoms with E-state index >= 15 is 0 Å². The zero-order chi connectivity index (χ0) is 19.1. The van der Waals surface area contributed by atoms with E-state index in [-0.39, 0.29) is 11.8 Å². The van der Waals surface area contributed by atoms with Gasteiger partial charge in [-0.15, -0.1) is 0 Å². The highest BCUT2D eigenvalue weighted by Crippen LogP contribution is 2.31. The van der Waals surface area contributed by atoms with Gasteiger partial charge in [0, 0.05) is 19.0 Å². The standard InChI is InChI=1S/C22H36N2O2/c1-16(2)20(19-9-10-21(26-5)17(3)13-19)14-22(25)23-15-18(4)24-11-7-6-8-12-24/h9-10,13,16,18,20H,6-8,11-12,14-15H2,1-5H3,(H,23,25). The van der Waals surface area contributed by atoms with Gasteiger partial charge in [0.1, 0.15) is 5.75 Å². The fourth-order valence-electron chi connectivity index (χ4n) is 3.89. The highest BCUT2D eigenvalue weighted by atomic mass is 16.5. The Kier molecular flexibility index (Phi) is 7.95. The van der Waals surface area contributed by atoms with Gasteiger partial charge >= 0.3 is 0 Å². The first-order chi connectivity index (χ1) is 12.4. The molecular formula is C22H36N2O2. The molecule has 0 aromatic heterocycles. The van der Waals surface area contributed by atoms with Crippen LogP contribution in [0.4, 0.5) is 0 Å². The second-order valence-electron chi connectivity index (χ2n) is 8.03. The number of methoxy groups -OCH3 is 1. The zero-order valence-corrected chi connectivity index (χ0v) is 17.2. The number of rotatable bonds is 8. The first kappa shape index (κ1) is 20.8. The number of carbonyl (C=O) groups excluding carboxylic acids is 1. The van der Waals surface area contributed by atoms with E-state index in [2.05, 4.69) is 50.0 Å². The van der Waals surface area contributed by atoms with Crippen molar-refractivity contribution in [3.8, 4) is 5.75 Å². The molecule has 1 aromatic carbocycles. The first-order valence-electron chi connectivity index (χ1n) is 10.1. The lowest BCUT2D eigenvalue weighted by Crippen LogP contribution is -2.44. The zero-order valence-electron chi connectivity index (χ0n) is 17.2. The molecule has 1 aliphatic heterocycles. The maximum atomic E-state index is 12.6. The summed E-state index contributed by atoms with van der Waals surface area (Å²) in [5, 5.41) is 3.17. The number of aryl methyl sites for hydroxylation is 1. The largest absolute Gasteiger partial charge is 0.496 e. The van der Waals surface area contributed by atoms with Crippen molar-refractivity contribution >= 4 is 5.91 Å². The quantitative estimate of drug-likeness (QED) is 0.758. The van der Waals surface area contributed by atoms with Crippen molar-refractivity contribution in [3.63, 3.8) is 0 Å². The van der Waals surface area contributed by atoms with Crippen LogP contribution in [-0.2, 0) is 4.79 Å². The van der Waals surface area contributed by atoms with Crippen LogP contribution < -0.4 is 10.1 Å². The molecule has 26 heavy (non-hydrogen) atoms. The summed E-state index contributed by atoms with van der Waals surface area (Å²) >= 11 is 0. The number of hydrogen-bond donors (Lipinski definition) is 1. The van der Waals surface area contributed by atoms with Gasteiger partial charge in [0.25, 0.3) is 0 Å². The van der Waals surface area contributed by atoms with Crippen LogP contribution >= 0.6 is 0 Å². The molecule has 0 radical (unpaired) electrons. The number of ether oxygens (including phenoxy) is 1. The summed E-state index contributed by atoms with van der Waals surface area (Å²) in [6, 6.07) is 6.68. The fourth-order valence-corrected chi connectivity index (χ4v) is 3.89. The van der Waals surface area contributed by atoms with E-state index < -0.39 is 0 Å². The molecule has 1 aliphatic rings. The molecule has 4 nitrogen and oxygen atoms in total. The predicted octanol–water partition coefficient (Wildman–Crippen LogP) is 4.12. The number of amides is 1. The summed E-state index contributed by atoms with van der Waals surface area (Å²) in [4.78, 5) is 15.1. The van der Waals surface area contributed by atoms with Crippen LogP contribution in [0.25, 0.3) is 0 Å². The van der Waals surface area contributed by atoms with Crippen molar-refractivity contribution in [1.29, 1.82) is 0 Å². The Balaban J connectivity index is 1.92. The van der Waals surface area contributed by atoms with E-state index in [0.29, 0.717) is 18.4 Å². The lowest BCUT2D eigenvalue weighted by Gasteiger charge is -2.32. The van der Waals surface area contributed by atoms with Crippen molar-refractivity contribution < 1.29 is 9.53 Å². The third-order valence-electron chi connectivity index (χ3n) is 5.67. The van der Waals surface area contributed by atoms with E-state index in [4.69, 9.17) is 4.74 Å². The third kappa shape index (κ3) is 5.73. The lowest BCUT2D eigenvalue weighted by atomic mass is 9.85. The Morgan fingerprint density at radius 3 is 2.46 bits per heavy atom. The number of piperidine rings is 1. The molecule has 1 saturated heterocycles. The molecule has 0 spiro atoms. The van der Waals surface area contributed by atoms with E-state index in [9.17, 15) is 4.79 Å². The molecule has 1 aromatic rings. The van der Waals surface area contributed by atoms with Gasteiger partial charge in [0.05, 0.1) is 7.11 Å². The van der Waals surface area contributed by atoms with E-state index in [1.54, 1.807) is 7.11 Å². The average Bonchev–Trinajstić information content (AvgIpc) is 2.64. The number of nitrogens with zero attached hydrogens (tertiary/aromatic N) is 1. The minimum atomic E-state index is 0.154. The summed E-state index contributed by atoms with van der Waals surface area (Å²) in [5.41, 5.74) is 2.34. The number of nitrogens with one attached hydrogen (secondary N) is 1. The second-order valence-corrected chi connectivity index (χ2v) is 8.03. The molecule has 0 bridgehead atoms. The summed E-state index contributed by atoms with van der Waals surface area (Å²) < 4.78 is 5.36. The van der Waals surface area contributed by atoms with Crippen LogP contribution in [0.15, 0.2) is 18.2 Å². The van der Waals surface area contributed by atoms with Gasteiger partial charge in [-0.1, -0.05) is 32.4 Å². The summed E-state index contributed by atoms with van der Waals surface area (Å²) in [7, 11) is 1.69. The monoisotopic (exact) mass is 360 g/mol. The molecular weight excluding hydrogens is 324 g/mol. The van der Waals surface area contributed by atoms with Crippen molar-refractivity contribution in [1.82, 2.24) is 10.2 Å². The summed E-state index contributed by atoms with van der Waals surface area (Å²) in [5.74, 6) is 1.69. The number of benzene rings is 1. The minimum absolute atomic E-state index is 0.154. The molecule has 4 heteroatoms. The van der Waals surface area contributed by atoms with Gasteiger partial charge in [-0.25, -0.2) is 0 Å². The average molecular weight is 361 g/mol. The van der Waals surface area contributed by atoms with Gasteiger partial charge in [-0.2, -0.15) is 0 Å². The van der Waals surface area contributed by atoms with E-state index in [1.165, 1.54) is 24.8 Å². The van der Waals surface area contributed by atoms with Crippen molar-refractivity contribution in [2.45, 2.75) is 65.3 Å². The number of carbonyl (C=O) groups is 1. The van der Waals surface area contributed by atoms with Gasteiger partial charge < -0.3 is 10.1 Å². The van der Waals surface area contributed by atoms with Crippen molar-refractivity contribution in [2.75, 3.05) is 26.7 Å². The second kappa shape index (κ2) is 9.96. The summed E-state index contributed by atoms with van der Waals surface area (Å²) in [6.07, 6.45) is 4.44. The normalized spacial score (nSPS) is 17.8. The molecule has 1 amide bonds. The molecule has 2 atom stereocenters. The molecule has 146 valence electrons. The lowest BCUT2D eigenvalue weighted by molar-refractivity contribution is -0.122. The number of hydrogen-bond acceptors (Lipinski definition) is 3. The molecule has 2 rings (SSSR count). The Labute approximate surface area is 159 Å². The first-order valence-corrected chi connectivity index (χ1v) is 10.1. The van der Waals surface area contributed by atoms with Gasteiger partial charge in [-0.3, -0.25) is 9.69 Å². The van der Waals surface area contributed by atoms with Crippen LogP contribution in [-0.4, -0.2) is 43.6 Å². The predicted molar refractivity (Wildman–Crippen MR) is 108 cm³/mol. The van der Waals surface area contributed by atoms with Crippen molar-refractivity contribution in [3.05, 3.63) is 29.3 Å². The molecule has 0 aliphatic carbocycles. The highest BCUT2D eigenvalue weighted by Gasteiger charge is 2.22. The van der Waals surface area contributed by atoms with Gasteiger partial charge in [0.2, 0.25) is 5.91 Å². The maximum Gasteiger partial charge on any atom is 0.220 e. The van der Waals surface area contributed by atoms with E-state index in [0.717, 1.165) is 30.9 Å². The van der Waals surface area contributed by atoms with Crippen molar-refractivity contribution in [2.24, 2.45) is 5.92 Å². The molecule has 1 heterocycles. The molecule has 1 N–H and O–H groups in total. The smallest absolute Gasteiger partial charge is 0.220 e. The van der Waals surface area contributed by atoms with Crippen LogP contribution in [0.5, 0.6) is 5.75 Å². The van der Waals surface area contributed by atoms with Crippen LogP contribution in [0, 0.1) is 12.8 Å². The highest BCUT2D eigenvalue weighted by molar-refractivity contribution is 5.77. The fraction of sp³-hybridized carbons (Fsp3) is 0.682. The minimum Gasteiger partial charge on any atom is -0.496 e. The summed E-state index contributed by atoms with van der Waals surface area (Å²) in [6.45, 7) is 11.7. The SMILES string of the molecule is COc1ccc(C(CC(=O)NCC(C)N2CCCCC2)C(C)C)cc1C. The molecule has 0 saturated carbocycles. The topological polar surface area (TPSA) is 41.6 Å². The Bertz CT molecular complexity index is 580.